The van der Waals surface area contributed by atoms with Gasteiger partial charge in [-0.05, 0) is 37.3 Å². The van der Waals surface area contributed by atoms with E-state index < -0.39 is 0 Å². The van der Waals surface area contributed by atoms with Crippen molar-refractivity contribution in [1.82, 2.24) is 4.40 Å². The number of nitrogens with zero attached hydrogens (tertiary/aromatic N) is 1. The van der Waals surface area contributed by atoms with Gasteiger partial charge in [0.05, 0.1) is 5.52 Å². The van der Waals surface area contributed by atoms with Crippen molar-refractivity contribution in [3.05, 3.63) is 53.3 Å². The molecule has 2 heteroatoms. The Morgan fingerprint density at radius 2 is 1.95 bits per heavy atom. The molecule has 0 bridgehead atoms. The molecule has 3 aromatic rings. The number of rotatable bonds is 1. The minimum absolute atomic E-state index is 0.821. The normalized spacial score (nSPS) is 14.7. The summed E-state index contributed by atoms with van der Waals surface area (Å²) in [6.07, 6.45) is 7.87. The van der Waals surface area contributed by atoms with Crippen molar-refractivity contribution in [2.75, 3.05) is 0 Å². The smallest absolute Gasteiger partial charge is 0.152 e. The van der Waals surface area contributed by atoms with Crippen LogP contribution in [-0.4, -0.2) is 10.7 Å². The minimum Gasteiger partial charge on any atom is -0.319 e. The van der Waals surface area contributed by atoms with Crippen LogP contribution < -0.4 is 0 Å². The number of aryl methyl sites for hydroxylation is 2. The zero-order valence-corrected chi connectivity index (χ0v) is 10.7. The molecule has 19 heavy (non-hydrogen) atoms. The fraction of sp³-hybridized carbons (Fsp3) is 0.235. The summed E-state index contributed by atoms with van der Waals surface area (Å²) < 4.78 is 2.25. The molecular formula is C17H15NO. The number of fused-ring (bicyclic) bond motifs is 5. The zero-order valence-electron chi connectivity index (χ0n) is 10.7. The summed E-state index contributed by atoms with van der Waals surface area (Å²) in [5, 5.41) is 2.39. The van der Waals surface area contributed by atoms with Crippen LogP contribution in [0.25, 0.3) is 16.3 Å². The molecule has 0 N–H and O–H groups in total. The van der Waals surface area contributed by atoms with Gasteiger partial charge in [0, 0.05) is 28.2 Å². The van der Waals surface area contributed by atoms with Crippen LogP contribution in [-0.2, 0) is 12.8 Å². The first-order valence-electron chi connectivity index (χ1n) is 6.88. The highest BCUT2D eigenvalue weighted by molar-refractivity contribution is 6.05. The molecular weight excluding hydrogens is 234 g/mol. The van der Waals surface area contributed by atoms with Gasteiger partial charge in [-0.15, -0.1) is 0 Å². The lowest BCUT2D eigenvalue weighted by Crippen LogP contribution is -2.09. The quantitative estimate of drug-likeness (QED) is 0.601. The maximum Gasteiger partial charge on any atom is 0.152 e. The van der Waals surface area contributed by atoms with Crippen LogP contribution in [0.4, 0.5) is 0 Å². The van der Waals surface area contributed by atoms with Gasteiger partial charge in [-0.25, -0.2) is 0 Å². The number of benzene rings is 1. The zero-order chi connectivity index (χ0) is 12.8. The number of hydrogen-bond donors (Lipinski definition) is 0. The average molecular weight is 249 g/mol. The molecule has 0 radical (unpaired) electrons. The Morgan fingerprint density at radius 3 is 2.84 bits per heavy atom. The Balaban J connectivity index is 2.22. The summed E-state index contributed by atoms with van der Waals surface area (Å²) in [4.78, 5) is 11.4. The van der Waals surface area contributed by atoms with Crippen molar-refractivity contribution in [2.24, 2.45) is 0 Å². The minimum atomic E-state index is 0.821. The van der Waals surface area contributed by atoms with E-state index >= 15 is 0 Å². The van der Waals surface area contributed by atoms with E-state index in [0.29, 0.717) is 0 Å². The van der Waals surface area contributed by atoms with E-state index in [1.165, 1.54) is 34.9 Å². The highest BCUT2D eigenvalue weighted by atomic mass is 16.1. The monoisotopic (exact) mass is 249 g/mol. The maximum absolute atomic E-state index is 11.4. The molecule has 0 unspecified atom stereocenters. The summed E-state index contributed by atoms with van der Waals surface area (Å²) in [6.45, 7) is 0. The van der Waals surface area contributed by atoms with Crippen LogP contribution in [0.3, 0.4) is 0 Å². The molecule has 0 spiro atoms. The number of aromatic nitrogens is 1. The van der Waals surface area contributed by atoms with Crippen LogP contribution >= 0.6 is 0 Å². The van der Waals surface area contributed by atoms with Crippen molar-refractivity contribution in [3.63, 3.8) is 0 Å². The molecule has 94 valence electrons. The van der Waals surface area contributed by atoms with E-state index in [0.717, 1.165) is 30.2 Å². The third-order valence-corrected chi connectivity index (χ3v) is 4.23. The van der Waals surface area contributed by atoms with Crippen molar-refractivity contribution in [1.29, 1.82) is 0 Å². The lowest BCUT2D eigenvalue weighted by molar-refractivity contribution is 0.112. The molecule has 2 nitrogen and oxygen atoms in total. The second-order valence-electron chi connectivity index (χ2n) is 5.33. The number of carbonyl (C=O) groups is 1. The van der Waals surface area contributed by atoms with Crippen LogP contribution in [0, 0.1) is 0 Å². The fourth-order valence-electron chi connectivity index (χ4n) is 3.36. The van der Waals surface area contributed by atoms with Gasteiger partial charge in [0.2, 0.25) is 0 Å². The number of hydrogen-bond acceptors (Lipinski definition) is 1. The van der Waals surface area contributed by atoms with E-state index in [2.05, 4.69) is 34.9 Å². The lowest BCUT2D eigenvalue weighted by Gasteiger charge is -2.18. The van der Waals surface area contributed by atoms with Gasteiger partial charge in [0.25, 0.3) is 0 Å². The highest BCUT2D eigenvalue weighted by Crippen LogP contribution is 2.30. The molecule has 2 heterocycles. The Labute approximate surface area is 111 Å². The van der Waals surface area contributed by atoms with Gasteiger partial charge in [-0.3, -0.25) is 4.79 Å². The van der Waals surface area contributed by atoms with Gasteiger partial charge in [-0.2, -0.15) is 0 Å². The van der Waals surface area contributed by atoms with E-state index in [1.54, 1.807) is 0 Å². The summed E-state index contributed by atoms with van der Waals surface area (Å²) in [5.41, 5.74) is 4.64. The van der Waals surface area contributed by atoms with Crippen molar-refractivity contribution in [2.45, 2.75) is 25.7 Å². The number of pyridine rings is 1. The topological polar surface area (TPSA) is 21.5 Å². The summed E-state index contributed by atoms with van der Waals surface area (Å²) >= 11 is 0. The predicted molar refractivity (Wildman–Crippen MR) is 76.9 cm³/mol. The van der Waals surface area contributed by atoms with Gasteiger partial charge in [-0.1, -0.05) is 24.3 Å². The molecule has 1 aliphatic rings. The molecule has 0 atom stereocenters. The molecule has 0 saturated carbocycles. The highest BCUT2D eigenvalue weighted by Gasteiger charge is 2.17. The Morgan fingerprint density at radius 1 is 1.11 bits per heavy atom. The van der Waals surface area contributed by atoms with E-state index in [9.17, 15) is 4.79 Å². The van der Waals surface area contributed by atoms with Crippen LogP contribution in [0.15, 0.2) is 36.5 Å². The molecule has 2 aromatic heterocycles. The Bertz CT molecular complexity index is 798. The lowest BCUT2D eigenvalue weighted by atomic mass is 9.94. The van der Waals surface area contributed by atoms with Gasteiger partial charge in [0.1, 0.15) is 0 Å². The third kappa shape index (κ3) is 1.46. The molecule has 0 amide bonds. The molecule has 0 aliphatic heterocycles. The molecule has 1 aromatic carbocycles. The summed E-state index contributed by atoms with van der Waals surface area (Å²) in [5.74, 6) is 0. The SMILES string of the molecule is O=Cc1cc2c(n3cc4ccccc4c13)CCCC2. The third-order valence-electron chi connectivity index (χ3n) is 4.23. The van der Waals surface area contributed by atoms with Crippen LogP contribution in [0.2, 0.25) is 0 Å². The average Bonchev–Trinajstić information content (AvgIpc) is 2.86. The standard InChI is InChI=1S/C17H15NO/c19-11-14-9-12-5-2-4-8-16(12)18-10-13-6-1-3-7-15(13)17(14)18/h1,3,6-7,9-11H,2,4-5,8H2. The first kappa shape index (κ1) is 10.8. The second-order valence-corrected chi connectivity index (χ2v) is 5.33. The van der Waals surface area contributed by atoms with Crippen LogP contribution in [0.5, 0.6) is 0 Å². The van der Waals surface area contributed by atoms with Gasteiger partial charge < -0.3 is 4.40 Å². The molecule has 0 saturated heterocycles. The first-order valence-corrected chi connectivity index (χ1v) is 6.88. The van der Waals surface area contributed by atoms with E-state index in [4.69, 9.17) is 0 Å². The first-order chi connectivity index (χ1) is 9.38. The summed E-state index contributed by atoms with van der Waals surface area (Å²) in [6, 6.07) is 10.4. The largest absolute Gasteiger partial charge is 0.319 e. The van der Waals surface area contributed by atoms with Gasteiger partial charge >= 0.3 is 0 Å². The predicted octanol–water partition coefficient (Wildman–Crippen LogP) is 3.78. The van der Waals surface area contributed by atoms with E-state index in [-0.39, 0.29) is 0 Å². The van der Waals surface area contributed by atoms with Crippen LogP contribution in [0.1, 0.15) is 34.5 Å². The van der Waals surface area contributed by atoms with Crippen molar-refractivity contribution >= 4 is 22.6 Å². The van der Waals surface area contributed by atoms with Gasteiger partial charge in [0.15, 0.2) is 6.29 Å². The fourth-order valence-corrected chi connectivity index (χ4v) is 3.36. The maximum atomic E-state index is 11.4. The number of aldehydes is 1. The second kappa shape index (κ2) is 3.95. The molecule has 0 fully saturated rings. The van der Waals surface area contributed by atoms with Crippen molar-refractivity contribution < 1.29 is 4.79 Å². The summed E-state index contributed by atoms with van der Waals surface area (Å²) in [7, 11) is 0. The molecule has 4 rings (SSSR count). The van der Waals surface area contributed by atoms with Crippen molar-refractivity contribution in [3.8, 4) is 0 Å². The Kier molecular flexibility index (Phi) is 2.25. The van der Waals surface area contributed by atoms with E-state index in [1.807, 2.05) is 6.07 Å². The number of carbonyl (C=O) groups excluding carboxylic acids is 1. The Hall–Kier alpha value is -2.09. The molecule has 1 aliphatic carbocycles.